The van der Waals surface area contributed by atoms with Gasteiger partial charge in [-0.2, -0.15) is 0 Å². The van der Waals surface area contributed by atoms with Crippen LogP contribution in [0.15, 0.2) is 18.2 Å². The summed E-state index contributed by atoms with van der Waals surface area (Å²) in [6.45, 7) is 2.66. The van der Waals surface area contributed by atoms with E-state index in [0.717, 1.165) is 0 Å². The van der Waals surface area contributed by atoms with Crippen molar-refractivity contribution in [3.63, 3.8) is 0 Å². The van der Waals surface area contributed by atoms with Gasteiger partial charge in [0.1, 0.15) is 47.8 Å². The summed E-state index contributed by atoms with van der Waals surface area (Å²) in [6.07, 6.45) is -8.91. The second kappa shape index (κ2) is 7.90. The number of aromatic hydroxyl groups is 2. The number of ether oxygens (including phenoxy) is 3. The first kappa shape index (κ1) is 21.8. The summed E-state index contributed by atoms with van der Waals surface area (Å²) in [7, 11) is 0. The molecule has 0 aliphatic carbocycles. The number of hydrogen-bond donors (Lipinski definition) is 6. The Balaban J connectivity index is 1.82. The van der Waals surface area contributed by atoms with Crippen molar-refractivity contribution in [3.8, 4) is 17.2 Å². The molecular formula is C21H24O10. The van der Waals surface area contributed by atoms with Crippen LogP contribution in [0.25, 0.3) is 10.8 Å². The Hall–Kier alpha value is -2.47. The van der Waals surface area contributed by atoms with Gasteiger partial charge in [0, 0.05) is 17.2 Å². The third-order valence-corrected chi connectivity index (χ3v) is 5.74. The van der Waals surface area contributed by atoms with Gasteiger partial charge in [0.05, 0.1) is 18.1 Å². The SMILES string of the molecule is C[C@H]1O[C@H](C)c2c(cc3cc(O)cc(O[C@@H]4O[C@@H](CO)[C@H](O)[C@H](O)[C@H]4O)c3c2O)C1=O. The third kappa shape index (κ3) is 3.51. The van der Waals surface area contributed by atoms with Crippen LogP contribution >= 0.6 is 0 Å². The number of benzene rings is 2. The number of hydrogen-bond acceptors (Lipinski definition) is 10. The van der Waals surface area contributed by atoms with Crippen molar-refractivity contribution in [2.24, 2.45) is 0 Å². The summed E-state index contributed by atoms with van der Waals surface area (Å²) in [5, 5.41) is 61.1. The van der Waals surface area contributed by atoms with E-state index in [2.05, 4.69) is 0 Å². The predicted octanol–water partition coefficient (Wildman–Crippen LogP) is 0.0921. The molecule has 2 heterocycles. The number of Topliss-reactive ketones (excluding diaryl/α,β-unsaturated/α-hetero) is 1. The van der Waals surface area contributed by atoms with Gasteiger partial charge in [-0.05, 0) is 31.4 Å². The van der Waals surface area contributed by atoms with E-state index < -0.39 is 49.5 Å². The molecule has 0 saturated carbocycles. The zero-order valence-corrected chi connectivity index (χ0v) is 16.8. The molecule has 6 N–H and O–H groups in total. The maximum Gasteiger partial charge on any atom is 0.229 e. The van der Waals surface area contributed by atoms with E-state index in [1.807, 2.05) is 0 Å². The average Bonchev–Trinajstić information content (AvgIpc) is 2.71. The quantitative estimate of drug-likeness (QED) is 0.388. The lowest BCUT2D eigenvalue weighted by Crippen LogP contribution is -2.60. The van der Waals surface area contributed by atoms with Gasteiger partial charge in [-0.25, -0.2) is 0 Å². The molecule has 1 saturated heterocycles. The van der Waals surface area contributed by atoms with Crippen LogP contribution in [-0.2, 0) is 9.47 Å². The summed E-state index contributed by atoms with van der Waals surface area (Å²) >= 11 is 0. The first-order chi connectivity index (χ1) is 14.6. The lowest BCUT2D eigenvalue weighted by Gasteiger charge is -2.39. The van der Waals surface area contributed by atoms with Crippen molar-refractivity contribution in [3.05, 3.63) is 29.3 Å². The van der Waals surface area contributed by atoms with Crippen LogP contribution in [0.1, 0.15) is 35.9 Å². The summed E-state index contributed by atoms with van der Waals surface area (Å²) in [6, 6.07) is 4.03. The minimum absolute atomic E-state index is 0.0992. The minimum atomic E-state index is -1.68. The number of carbonyl (C=O) groups excluding carboxylic acids is 1. The van der Waals surface area contributed by atoms with E-state index in [1.165, 1.54) is 18.2 Å². The molecule has 0 unspecified atom stereocenters. The Labute approximate surface area is 176 Å². The summed E-state index contributed by atoms with van der Waals surface area (Å²) in [4.78, 5) is 12.6. The molecule has 4 rings (SSSR count). The van der Waals surface area contributed by atoms with Crippen LogP contribution in [0.5, 0.6) is 17.2 Å². The third-order valence-electron chi connectivity index (χ3n) is 5.74. The van der Waals surface area contributed by atoms with Crippen LogP contribution in [0, 0.1) is 0 Å². The van der Waals surface area contributed by atoms with E-state index in [0.29, 0.717) is 5.39 Å². The molecule has 2 aliphatic rings. The minimum Gasteiger partial charge on any atom is -0.508 e. The standard InChI is InChI=1S/C21H24O10/c1-7-14-11(16(24)8(2)29-7)4-9-3-10(23)5-12(15(9)18(14)26)30-21-20(28)19(27)17(25)13(6-22)31-21/h3-5,7-8,13,17,19-23,25-28H,6H2,1-2H3/t7-,8-,13+,17+,19+,20-,21-/m1/s1. The van der Waals surface area contributed by atoms with Gasteiger partial charge < -0.3 is 44.8 Å². The van der Waals surface area contributed by atoms with Crippen LogP contribution in [0.3, 0.4) is 0 Å². The first-order valence-electron chi connectivity index (χ1n) is 9.83. The molecule has 0 aromatic heterocycles. The van der Waals surface area contributed by atoms with E-state index in [9.17, 15) is 35.4 Å². The molecule has 168 valence electrons. The van der Waals surface area contributed by atoms with Crippen LogP contribution in [-0.4, -0.2) is 79.8 Å². The fourth-order valence-corrected chi connectivity index (χ4v) is 4.14. The lowest BCUT2D eigenvalue weighted by atomic mass is 9.89. The van der Waals surface area contributed by atoms with Crippen molar-refractivity contribution in [2.45, 2.75) is 56.8 Å². The number of phenols is 2. The van der Waals surface area contributed by atoms with Crippen molar-refractivity contribution in [2.75, 3.05) is 6.61 Å². The second-order valence-corrected chi connectivity index (χ2v) is 7.83. The van der Waals surface area contributed by atoms with Gasteiger partial charge >= 0.3 is 0 Å². The normalized spacial score (nSPS) is 33.4. The van der Waals surface area contributed by atoms with Crippen LogP contribution in [0.4, 0.5) is 0 Å². The summed E-state index contributed by atoms with van der Waals surface area (Å²) < 4.78 is 16.6. The van der Waals surface area contributed by atoms with Gasteiger partial charge in [-0.15, -0.1) is 0 Å². The van der Waals surface area contributed by atoms with E-state index in [-0.39, 0.29) is 39.5 Å². The fourth-order valence-electron chi connectivity index (χ4n) is 4.14. The molecule has 10 nitrogen and oxygen atoms in total. The lowest BCUT2D eigenvalue weighted by molar-refractivity contribution is -0.277. The molecule has 0 bridgehead atoms. The van der Waals surface area contributed by atoms with Crippen molar-refractivity contribution < 1.29 is 49.6 Å². The molecule has 2 aromatic carbocycles. The predicted molar refractivity (Wildman–Crippen MR) is 105 cm³/mol. The van der Waals surface area contributed by atoms with Gasteiger partial charge in [-0.1, -0.05) is 0 Å². The topological polar surface area (TPSA) is 166 Å². The zero-order chi connectivity index (χ0) is 22.6. The Morgan fingerprint density at radius 2 is 1.68 bits per heavy atom. The second-order valence-electron chi connectivity index (χ2n) is 7.83. The Bertz CT molecular complexity index is 1020. The highest BCUT2D eigenvalue weighted by atomic mass is 16.7. The highest BCUT2D eigenvalue weighted by Gasteiger charge is 2.45. The molecule has 2 aromatic rings. The van der Waals surface area contributed by atoms with Gasteiger partial charge in [0.2, 0.25) is 6.29 Å². The van der Waals surface area contributed by atoms with Gasteiger partial charge in [0.15, 0.2) is 5.78 Å². The zero-order valence-electron chi connectivity index (χ0n) is 16.8. The van der Waals surface area contributed by atoms with Gasteiger partial charge in [-0.3, -0.25) is 4.79 Å². The molecule has 0 spiro atoms. The molecule has 1 fully saturated rings. The highest BCUT2D eigenvalue weighted by Crippen LogP contribution is 2.46. The van der Waals surface area contributed by atoms with E-state index >= 15 is 0 Å². The molecule has 10 heteroatoms. The number of ketones is 1. The highest BCUT2D eigenvalue weighted by molar-refractivity contribution is 6.08. The average molecular weight is 436 g/mol. The number of fused-ring (bicyclic) bond motifs is 2. The summed E-state index contributed by atoms with van der Waals surface area (Å²) in [5.41, 5.74) is 0.528. The monoisotopic (exact) mass is 436 g/mol. The maximum atomic E-state index is 12.6. The number of phenolic OH excluding ortho intramolecular Hbond substituents is 2. The fraction of sp³-hybridized carbons (Fsp3) is 0.476. The van der Waals surface area contributed by atoms with E-state index in [4.69, 9.17) is 14.2 Å². The Morgan fingerprint density at radius 3 is 2.35 bits per heavy atom. The van der Waals surface area contributed by atoms with Gasteiger partial charge in [0.25, 0.3) is 0 Å². The van der Waals surface area contributed by atoms with Crippen molar-refractivity contribution >= 4 is 16.6 Å². The van der Waals surface area contributed by atoms with E-state index in [1.54, 1.807) is 13.8 Å². The Kier molecular flexibility index (Phi) is 5.54. The molecule has 7 atom stereocenters. The number of aliphatic hydroxyl groups is 4. The number of carbonyl (C=O) groups is 1. The Morgan fingerprint density at radius 1 is 0.968 bits per heavy atom. The first-order valence-corrected chi connectivity index (χ1v) is 9.83. The molecule has 0 amide bonds. The number of aliphatic hydroxyl groups excluding tert-OH is 4. The largest absolute Gasteiger partial charge is 0.508 e. The summed E-state index contributed by atoms with van der Waals surface area (Å²) in [5.74, 6) is -0.949. The van der Waals surface area contributed by atoms with Crippen LogP contribution in [0.2, 0.25) is 0 Å². The molecular weight excluding hydrogens is 412 g/mol. The molecule has 0 radical (unpaired) electrons. The van der Waals surface area contributed by atoms with Crippen molar-refractivity contribution in [1.29, 1.82) is 0 Å². The van der Waals surface area contributed by atoms with Crippen molar-refractivity contribution in [1.82, 2.24) is 0 Å². The maximum absolute atomic E-state index is 12.6. The number of rotatable bonds is 3. The molecule has 2 aliphatic heterocycles. The molecule has 31 heavy (non-hydrogen) atoms. The van der Waals surface area contributed by atoms with Crippen LogP contribution < -0.4 is 4.74 Å². The smallest absolute Gasteiger partial charge is 0.229 e.